The molecule has 0 unspecified atom stereocenters. The smallest absolute Gasteiger partial charge is 0.233 e. The van der Waals surface area contributed by atoms with Crippen LogP contribution in [0.1, 0.15) is 17.5 Å². The number of carbonyl (C=O) groups is 2. The molecule has 0 spiro atoms. The minimum atomic E-state index is -0.347. The molecule has 5 heteroatoms. The van der Waals surface area contributed by atoms with Gasteiger partial charge in [0.05, 0.1) is 0 Å². The van der Waals surface area contributed by atoms with Crippen molar-refractivity contribution in [3.8, 4) is 0 Å². The lowest BCUT2D eigenvalue weighted by atomic mass is 10.2. The van der Waals surface area contributed by atoms with Crippen LogP contribution < -0.4 is 10.6 Å². The second-order valence-electron chi connectivity index (χ2n) is 4.96. The standard InChI is InChI=1S/C17H17ClN2O2/c1-12-6-8-14(9-7-12)20-17(22)10-16(21)19-11-13-4-2-3-5-15(13)18/h2-9H,10-11H2,1H3,(H,19,21)(H,20,22). The lowest BCUT2D eigenvalue weighted by Crippen LogP contribution is -2.27. The first-order chi connectivity index (χ1) is 10.5. The fourth-order valence-electron chi connectivity index (χ4n) is 1.89. The van der Waals surface area contributed by atoms with E-state index in [4.69, 9.17) is 11.6 Å². The van der Waals surface area contributed by atoms with Gasteiger partial charge in [0.25, 0.3) is 0 Å². The summed E-state index contributed by atoms with van der Waals surface area (Å²) in [5, 5.41) is 5.95. The fraction of sp³-hybridized carbons (Fsp3) is 0.176. The van der Waals surface area contributed by atoms with Crippen molar-refractivity contribution in [1.82, 2.24) is 5.32 Å². The summed E-state index contributed by atoms with van der Waals surface area (Å²) in [5.74, 6) is -0.690. The Balaban J connectivity index is 1.80. The van der Waals surface area contributed by atoms with Gasteiger partial charge in [0.15, 0.2) is 0 Å². The molecular weight excluding hydrogens is 300 g/mol. The van der Waals surface area contributed by atoms with Crippen LogP contribution >= 0.6 is 11.6 Å². The molecule has 0 aromatic heterocycles. The Morgan fingerprint density at radius 3 is 2.36 bits per heavy atom. The van der Waals surface area contributed by atoms with Crippen LogP contribution in [0, 0.1) is 6.92 Å². The van der Waals surface area contributed by atoms with Gasteiger partial charge >= 0.3 is 0 Å². The molecule has 2 N–H and O–H groups in total. The molecule has 4 nitrogen and oxygen atoms in total. The molecule has 114 valence electrons. The van der Waals surface area contributed by atoms with Crippen LogP contribution in [0.15, 0.2) is 48.5 Å². The Morgan fingerprint density at radius 1 is 1.00 bits per heavy atom. The van der Waals surface area contributed by atoms with Crippen molar-refractivity contribution in [2.45, 2.75) is 19.9 Å². The monoisotopic (exact) mass is 316 g/mol. The van der Waals surface area contributed by atoms with Gasteiger partial charge in [0, 0.05) is 17.3 Å². The number of benzene rings is 2. The van der Waals surface area contributed by atoms with E-state index in [0.29, 0.717) is 17.3 Å². The molecule has 0 atom stereocenters. The number of carbonyl (C=O) groups excluding carboxylic acids is 2. The summed E-state index contributed by atoms with van der Waals surface area (Å²) in [6.45, 7) is 2.27. The molecule has 0 saturated heterocycles. The van der Waals surface area contributed by atoms with E-state index in [1.807, 2.05) is 37.3 Å². The van der Waals surface area contributed by atoms with Crippen LogP contribution in [-0.4, -0.2) is 11.8 Å². The Morgan fingerprint density at radius 2 is 1.68 bits per heavy atom. The Kier molecular flexibility index (Phi) is 5.55. The highest BCUT2D eigenvalue weighted by Gasteiger charge is 2.10. The van der Waals surface area contributed by atoms with Crippen molar-refractivity contribution >= 4 is 29.1 Å². The van der Waals surface area contributed by atoms with Crippen LogP contribution in [0.25, 0.3) is 0 Å². The van der Waals surface area contributed by atoms with Crippen LogP contribution in [0.4, 0.5) is 5.69 Å². The zero-order valence-electron chi connectivity index (χ0n) is 12.2. The molecule has 0 bridgehead atoms. The second-order valence-corrected chi connectivity index (χ2v) is 5.37. The first-order valence-electron chi connectivity index (χ1n) is 6.91. The van der Waals surface area contributed by atoms with Gasteiger partial charge in [0.1, 0.15) is 6.42 Å². The summed E-state index contributed by atoms with van der Waals surface area (Å²) in [6.07, 6.45) is -0.224. The number of anilines is 1. The molecule has 0 heterocycles. The third-order valence-electron chi connectivity index (χ3n) is 3.09. The number of amides is 2. The SMILES string of the molecule is Cc1ccc(NC(=O)CC(=O)NCc2ccccc2Cl)cc1. The lowest BCUT2D eigenvalue weighted by molar-refractivity contribution is -0.126. The van der Waals surface area contributed by atoms with Crippen molar-refractivity contribution < 1.29 is 9.59 Å². The number of aryl methyl sites for hydroxylation is 1. The summed E-state index contributed by atoms with van der Waals surface area (Å²) < 4.78 is 0. The molecule has 0 aliphatic heterocycles. The molecule has 0 radical (unpaired) electrons. The maximum Gasteiger partial charge on any atom is 0.233 e. The molecule has 2 aromatic rings. The Labute approximate surface area is 134 Å². The van der Waals surface area contributed by atoms with E-state index in [0.717, 1.165) is 11.1 Å². The largest absolute Gasteiger partial charge is 0.352 e. The highest BCUT2D eigenvalue weighted by Crippen LogP contribution is 2.14. The van der Waals surface area contributed by atoms with Crippen molar-refractivity contribution in [1.29, 1.82) is 0 Å². The van der Waals surface area contributed by atoms with E-state index in [2.05, 4.69) is 10.6 Å². The summed E-state index contributed by atoms with van der Waals surface area (Å²) in [6, 6.07) is 14.6. The molecule has 0 saturated carbocycles. The predicted octanol–water partition coefficient (Wildman–Crippen LogP) is 3.29. The normalized spacial score (nSPS) is 10.1. The second kappa shape index (κ2) is 7.61. The lowest BCUT2D eigenvalue weighted by Gasteiger charge is -2.08. The molecule has 0 aliphatic rings. The van der Waals surface area contributed by atoms with Crippen molar-refractivity contribution in [3.63, 3.8) is 0 Å². The van der Waals surface area contributed by atoms with E-state index >= 15 is 0 Å². The average molecular weight is 317 g/mol. The number of hydrogen-bond acceptors (Lipinski definition) is 2. The van der Waals surface area contributed by atoms with E-state index < -0.39 is 0 Å². The van der Waals surface area contributed by atoms with Gasteiger partial charge in [-0.2, -0.15) is 0 Å². The molecule has 0 fully saturated rings. The average Bonchev–Trinajstić information content (AvgIpc) is 2.49. The Hall–Kier alpha value is -2.33. The third kappa shape index (κ3) is 4.90. The van der Waals surface area contributed by atoms with Crippen molar-refractivity contribution in [3.05, 3.63) is 64.7 Å². The van der Waals surface area contributed by atoms with E-state index in [1.165, 1.54) is 0 Å². The van der Waals surface area contributed by atoms with Gasteiger partial charge in [-0.15, -0.1) is 0 Å². The minimum Gasteiger partial charge on any atom is -0.352 e. The summed E-state index contributed by atoms with van der Waals surface area (Å²) >= 11 is 6.00. The first-order valence-corrected chi connectivity index (χ1v) is 7.29. The van der Waals surface area contributed by atoms with E-state index in [9.17, 15) is 9.59 Å². The van der Waals surface area contributed by atoms with Gasteiger partial charge in [0.2, 0.25) is 11.8 Å². The number of nitrogens with one attached hydrogen (secondary N) is 2. The summed E-state index contributed by atoms with van der Waals surface area (Å²) in [5.41, 5.74) is 2.60. The maximum absolute atomic E-state index is 11.8. The predicted molar refractivity (Wildman–Crippen MR) is 87.7 cm³/mol. The minimum absolute atomic E-state index is 0.224. The van der Waals surface area contributed by atoms with Crippen molar-refractivity contribution in [2.75, 3.05) is 5.32 Å². The number of hydrogen-bond donors (Lipinski definition) is 2. The fourth-order valence-corrected chi connectivity index (χ4v) is 2.09. The van der Waals surface area contributed by atoms with Crippen LogP contribution in [0.5, 0.6) is 0 Å². The molecule has 2 rings (SSSR count). The van der Waals surface area contributed by atoms with Crippen LogP contribution in [0.2, 0.25) is 5.02 Å². The zero-order chi connectivity index (χ0) is 15.9. The van der Waals surface area contributed by atoms with Gasteiger partial charge in [-0.05, 0) is 30.7 Å². The van der Waals surface area contributed by atoms with Gasteiger partial charge in [-0.25, -0.2) is 0 Å². The van der Waals surface area contributed by atoms with Crippen LogP contribution in [-0.2, 0) is 16.1 Å². The highest BCUT2D eigenvalue weighted by atomic mass is 35.5. The topological polar surface area (TPSA) is 58.2 Å². The molecule has 2 aromatic carbocycles. The first kappa shape index (κ1) is 16.0. The third-order valence-corrected chi connectivity index (χ3v) is 3.46. The maximum atomic E-state index is 11.8. The van der Waals surface area contributed by atoms with Gasteiger partial charge in [-0.3, -0.25) is 9.59 Å². The van der Waals surface area contributed by atoms with E-state index in [1.54, 1.807) is 18.2 Å². The van der Waals surface area contributed by atoms with Crippen LogP contribution in [0.3, 0.4) is 0 Å². The Bertz CT molecular complexity index is 669. The zero-order valence-corrected chi connectivity index (χ0v) is 13.0. The highest BCUT2D eigenvalue weighted by molar-refractivity contribution is 6.31. The molecule has 22 heavy (non-hydrogen) atoms. The summed E-state index contributed by atoms with van der Waals surface area (Å²) in [4.78, 5) is 23.6. The summed E-state index contributed by atoms with van der Waals surface area (Å²) in [7, 11) is 0. The number of rotatable bonds is 5. The van der Waals surface area contributed by atoms with Gasteiger partial charge in [-0.1, -0.05) is 47.5 Å². The molecular formula is C17H17ClN2O2. The van der Waals surface area contributed by atoms with Gasteiger partial charge < -0.3 is 10.6 Å². The number of halogens is 1. The quantitative estimate of drug-likeness (QED) is 0.832. The van der Waals surface area contributed by atoms with Crippen molar-refractivity contribution in [2.24, 2.45) is 0 Å². The molecule has 2 amide bonds. The van der Waals surface area contributed by atoms with E-state index in [-0.39, 0.29) is 18.2 Å². The molecule has 0 aliphatic carbocycles.